The smallest absolute Gasteiger partial charge is 0.227 e. The highest BCUT2D eigenvalue weighted by molar-refractivity contribution is 6.06. The molecule has 1 amide bonds. The molecule has 0 bridgehead atoms. The van der Waals surface area contributed by atoms with Gasteiger partial charge in [0.2, 0.25) is 5.91 Å². The van der Waals surface area contributed by atoms with Crippen LogP contribution in [0.4, 0.5) is 11.4 Å². The Morgan fingerprint density at radius 1 is 1.18 bits per heavy atom. The maximum Gasteiger partial charge on any atom is 0.227 e. The fraction of sp³-hybridized carbons (Fsp3) is 0.348. The first kappa shape index (κ1) is 18.4. The standard InChI is InChI=1S/C23H25N3O2/c1-4-20(28)26-18-8-6-5-7-16(18)25-17-13-23(2,3)14-19(27)21(17)22(26)15-9-11-24-12-10-15/h5-12,22,25H,4,13-14H2,1-3H3/t22-/m1/s1. The largest absolute Gasteiger partial charge is 0.357 e. The maximum atomic E-state index is 13.3. The third-order valence-electron chi connectivity index (χ3n) is 5.49. The predicted octanol–water partition coefficient (Wildman–Crippen LogP) is 4.63. The summed E-state index contributed by atoms with van der Waals surface area (Å²) in [5.74, 6) is 0.0877. The zero-order valence-electron chi connectivity index (χ0n) is 16.5. The van der Waals surface area contributed by atoms with Crippen molar-refractivity contribution >= 4 is 23.1 Å². The summed E-state index contributed by atoms with van der Waals surface area (Å²) in [6.07, 6.45) is 5.02. The van der Waals surface area contributed by atoms with Crippen molar-refractivity contribution in [2.24, 2.45) is 5.41 Å². The van der Waals surface area contributed by atoms with Crippen molar-refractivity contribution in [1.29, 1.82) is 0 Å². The minimum atomic E-state index is -0.454. The van der Waals surface area contributed by atoms with Crippen LogP contribution in [0.5, 0.6) is 0 Å². The van der Waals surface area contributed by atoms with Crippen LogP contribution in [0.3, 0.4) is 0 Å². The summed E-state index contributed by atoms with van der Waals surface area (Å²) in [5, 5.41) is 3.51. The number of benzene rings is 1. The SMILES string of the molecule is CCC(=O)N1c2ccccc2NC2=C(C(=O)CC(C)(C)C2)[C@H]1c1ccncc1. The highest BCUT2D eigenvalue weighted by Gasteiger charge is 2.42. The number of anilines is 2. The monoisotopic (exact) mass is 375 g/mol. The summed E-state index contributed by atoms with van der Waals surface area (Å²) in [5.41, 5.74) is 4.06. The fourth-order valence-electron chi connectivity index (χ4n) is 4.29. The molecular formula is C23H25N3O2. The fourth-order valence-corrected chi connectivity index (χ4v) is 4.29. The van der Waals surface area contributed by atoms with Gasteiger partial charge >= 0.3 is 0 Å². The van der Waals surface area contributed by atoms with E-state index in [0.717, 1.165) is 29.1 Å². The number of nitrogens with one attached hydrogen (secondary N) is 1. The first-order valence-corrected chi connectivity index (χ1v) is 9.75. The molecule has 2 aromatic rings. The van der Waals surface area contributed by atoms with Gasteiger partial charge in [0.25, 0.3) is 0 Å². The van der Waals surface area contributed by atoms with E-state index in [9.17, 15) is 9.59 Å². The number of para-hydroxylation sites is 2. The van der Waals surface area contributed by atoms with Gasteiger partial charge in [-0.05, 0) is 41.7 Å². The molecule has 2 heterocycles. The summed E-state index contributed by atoms with van der Waals surface area (Å²) in [6, 6.07) is 11.1. The molecule has 0 saturated carbocycles. The molecule has 144 valence electrons. The molecule has 2 aliphatic rings. The van der Waals surface area contributed by atoms with E-state index in [-0.39, 0.29) is 17.1 Å². The van der Waals surface area contributed by atoms with Crippen LogP contribution < -0.4 is 10.2 Å². The number of fused-ring (bicyclic) bond motifs is 1. The van der Waals surface area contributed by atoms with Gasteiger partial charge in [0.1, 0.15) is 0 Å². The molecule has 5 heteroatoms. The summed E-state index contributed by atoms with van der Waals surface area (Å²) < 4.78 is 0. The highest BCUT2D eigenvalue weighted by atomic mass is 16.2. The van der Waals surface area contributed by atoms with E-state index in [4.69, 9.17) is 0 Å². The molecule has 1 atom stereocenters. The van der Waals surface area contributed by atoms with Crippen molar-refractivity contribution in [2.45, 2.75) is 46.1 Å². The lowest BCUT2D eigenvalue weighted by Gasteiger charge is -2.37. The van der Waals surface area contributed by atoms with Crippen molar-refractivity contribution < 1.29 is 9.59 Å². The van der Waals surface area contributed by atoms with Crippen LogP contribution in [0.25, 0.3) is 0 Å². The molecule has 0 saturated heterocycles. The van der Waals surface area contributed by atoms with Crippen LogP contribution in [0.15, 0.2) is 60.1 Å². The molecule has 0 radical (unpaired) electrons. The van der Waals surface area contributed by atoms with Crippen molar-refractivity contribution in [3.8, 4) is 0 Å². The molecular weight excluding hydrogens is 350 g/mol. The van der Waals surface area contributed by atoms with Crippen LogP contribution in [-0.2, 0) is 9.59 Å². The Bertz CT molecular complexity index is 963. The molecule has 4 rings (SSSR count). The minimum Gasteiger partial charge on any atom is -0.357 e. The van der Waals surface area contributed by atoms with Gasteiger partial charge in [-0.25, -0.2) is 0 Å². The second kappa shape index (κ2) is 6.89. The van der Waals surface area contributed by atoms with Gasteiger partial charge in [-0.15, -0.1) is 0 Å². The van der Waals surface area contributed by atoms with Crippen LogP contribution >= 0.6 is 0 Å². The molecule has 1 aromatic heterocycles. The number of nitrogens with zero attached hydrogens (tertiary/aromatic N) is 2. The lowest BCUT2D eigenvalue weighted by atomic mass is 9.73. The van der Waals surface area contributed by atoms with Crippen molar-refractivity contribution in [3.63, 3.8) is 0 Å². The number of allylic oxidation sites excluding steroid dienone is 1. The van der Waals surface area contributed by atoms with Crippen LogP contribution in [0.1, 0.15) is 51.6 Å². The van der Waals surface area contributed by atoms with Crippen LogP contribution in [0.2, 0.25) is 0 Å². The number of carbonyl (C=O) groups excluding carboxylic acids is 2. The lowest BCUT2D eigenvalue weighted by Crippen LogP contribution is -2.39. The number of aromatic nitrogens is 1. The molecule has 5 nitrogen and oxygen atoms in total. The lowest BCUT2D eigenvalue weighted by molar-refractivity contribution is -0.119. The summed E-state index contributed by atoms with van der Waals surface area (Å²) >= 11 is 0. The Morgan fingerprint density at radius 3 is 2.61 bits per heavy atom. The average Bonchev–Trinajstić information content (AvgIpc) is 2.81. The Kier molecular flexibility index (Phi) is 4.53. The van der Waals surface area contributed by atoms with Gasteiger partial charge in [-0.3, -0.25) is 19.5 Å². The van der Waals surface area contributed by atoms with Gasteiger partial charge in [-0.2, -0.15) is 0 Å². The molecule has 0 spiro atoms. The van der Waals surface area contributed by atoms with Gasteiger partial charge in [0.05, 0.1) is 17.4 Å². The van der Waals surface area contributed by atoms with Gasteiger partial charge in [0.15, 0.2) is 5.78 Å². The number of hydrogen-bond acceptors (Lipinski definition) is 4. The molecule has 1 N–H and O–H groups in total. The Labute approximate surface area is 165 Å². The Balaban J connectivity index is 2.01. The molecule has 1 aromatic carbocycles. The molecule has 0 fully saturated rings. The normalized spacial score (nSPS) is 20.8. The number of Topliss-reactive ketones (excluding diaryl/α,β-unsaturated/α-hetero) is 1. The van der Waals surface area contributed by atoms with Gasteiger partial charge < -0.3 is 5.32 Å². The third kappa shape index (κ3) is 3.11. The first-order chi connectivity index (χ1) is 13.4. The average molecular weight is 375 g/mol. The van der Waals surface area contributed by atoms with Crippen LogP contribution in [-0.4, -0.2) is 16.7 Å². The van der Waals surface area contributed by atoms with E-state index < -0.39 is 6.04 Å². The maximum absolute atomic E-state index is 13.3. The van der Waals surface area contributed by atoms with E-state index in [2.05, 4.69) is 24.1 Å². The van der Waals surface area contributed by atoms with E-state index in [1.54, 1.807) is 17.3 Å². The number of pyridine rings is 1. The number of hydrogen-bond donors (Lipinski definition) is 1. The van der Waals surface area contributed by atoms with Crippen molar-refractivity contribution in [3.05, 3.63) is 65.6 Å². The number of ketones is 1. The predicted molar refractivity (Wildman–Crippen MR) is 110 cm³/mol. The van der Waals surface area contributed by atoms with Crippen LogP contribution in [0, 0.1) is 5.41 Å². The number of rotatable bonds is 2. The van der Waals surface area contributed by atoms with Crippen molar-refractivity contribution in [2.75, 3.05) is 10.2 Å². The van der Waals surface area contributed by atoms with Gasteiger partial charge in [-0.1, -0.05) is 32.9 Å². The summed E-state index contributed by atoms with van der Waals surface area (Å²) in [7, 11) is 0. The second-order valence-electron chi connectivity index (χ2n) is 8.28. The molecule has 1 aliphatic heterocycles. The number of amides is 1. The zero-order chi connectivity index (χ0) is 19.9. The zero-order valence-corrected chi connectivity index (χ0v) is 16.5. The minimum absolute atomic E-state index is 0.0116. The number of carbonyl (C=O) groups is 2. The topological polar surface area (TPSA) is 62.3 Å². The summed E-state index contributed by atoms with van der Waals surface area (Å²) in [6.45, 7) is 6.08. The highest BCUT2D eigenvalue weighted by Crippen LogP contribution is 2.48. The molecule has 28 heavy (non-hydrogen) atoms. The first-order valence-electron chi connectivity index (χ1n) is 9.75. The van der Waals surface area contributed by atoms with E-state index in [0.29, 0.717) is 18.4 Å². The quantitative estimate of drug-likeness (QED) is 0.831. The Morgan fingerprint density at radius 2 is 1.89 bits per heavy atom. The molecule has 1 aliphatic carbocycles. The molecule has 0 unspecified atom stereocenters. The third-order valence-corrected chi connectivity index (χ3v) is 5.49. The van der Waals surface area contributed by atoms with E-state index >= 15 is 0 Å². The van der Waals surface area contributed by atoms with E-state index in [1.807, 2.05) is 43.3 Å². The Hall–Kier alpha value is -2.95. The van der Waals surface area contributed by atoms with Crippen molar-refractivity contribution in [1.82, 2.24) is 4.98 Å². The van der Waals surface area contributed by atoms with Gasteiger partial charge in [0, 0.05) is 36.5 Å². The second-order valence-corrected chi connectivity index (χ2v) is 8.28. The van der Waals surface area contributed by atoms with E-state index in [1.165, 1.54) is 0 Å². The summed E-state index contributed by atoms with van der Waals surface area (Å²) in [4.78, 5) is 32.4.